The Kier molecular flexibility index (Phi) is 5.33. The molecule has 1 amide bonds. The zero-order valence-corrected chi connectivity index (χ0v) is 14.4. The van der Waals surface area contributed by atoms with Gasteiger partial charge >= 0.3 is 0 Å². The number of anilines is 1. The maximum Gasteiger partial charge on any atom is 0.259 e. The number of nitrogens with two attached hydrogens (primary N) is 1. The van der Waals surface area contributed by atoms with Gasteiger partial charge in [-0.25, -0.2) is 13.6 Å². The first-order chi connectivity index (χ1) is 11.3. The quantitative estimate of drug-likeness (QED) is 0.839. The van der Waals surface area contributed by atoms with Crippen molar-refractivity contribution in [3.63, 3.8) is 0 Å². The summed E-state index contributed by atoms with van der Waals surface area (Å²) in [6, 6.07) is 8.68. The molecular formula is C15H15ClN2O5S. The molecule has 0 heterocycles. The molecule has 2 rings (SSSR count). The molecule has 0 bridgehead atoms. The molecule has 0 aliphatic carbocycles. The van der Waals surface area contributed by atoms with Gasteiger partial charge in [-0.3, -0.25) is 4.79 Å². The zero-order chi connectivity index (χ0) is 17.9. The van der Waals surface area contributed by atoms with E-state index in [1.807, 2.05) is 0 Å². The highest BCUT2D eigenvalue weighted by Gasteiger charge is 2.18. The maximum atomic E-state index is 12.4. The van der Waals surface area contributed by atoms with Crippen LogP contribution in [0.1, 0.15) is 10.4 Å². The van der Waals surface area contributed by atoms with E-state index in [1.54, 1.807) is 12.1 Å². The summed E-state index contributed by atoms with van der Waals surface area (Å²) in [6.07, 6.45) is 0. The van der Waals surface area contributed by atoms with E-state index in [2.05, 4.69) is 5.32 Å². The topological polar surface area (TPSA) is 108 Å². The number of sulfonamides is 1. The van der Waals surface area contributed by atoms with Crippen LogP contribution in [0.3, 0.4) is 0 Å². The van der Waals surface area contributed by atoms with Crippen LogP contribution in [0.15, 0.2) is 41.3 Å². The van der Waals surface area contributed by atoms with Crippen molar-refractivity contribution < 1.29 is 22.7 Å². The van der Waals surface area contributed by atoms with Crippen molar-refractivity contribution in [3.05, 3.63) is 47.0 Å². The Morgan fingerprint density at radius 3 is 2.29 bits per heavy atom. The predicted octanol–water partition coefficient (Wildman–Crippen LogP) is 2.26. The molecule has 0 saturated carbocycles. The van der Waals surface area contributed by atoms with Crippen LogP contribution in [0.25, 0.3) is 0 Å². The van der Waals surface area contributed by atoms with Gasteiger partial charge in [-0.1, -0.05) is 11.6 Å². The Morgan fingerprint density at radius 2 is 1.71 bits per heavy atom. The molecule has 0 saturated heterocycles. The number of halogens is 1. The molecule has 0 aliphatic heterocycles. The second kappa shape index (κ2) is 7.08. The first kappa shape index (κ1) is 18.1. The highest BCUT2D eigenvalue weighted by atomic mass is 35.5. The van der Waals surface area contributed by atoms with Crippen molar-refractivity contribution in [1.82, 2.24) is 0 Å². The Balaban J connectivity index is 2.38. The minimum Gasteiger partial charge on any atom is -0.496 e. The molecule has 0 atom stereocenters. The summed E-state index contributed by atoms with van der Waals surface area (Å²) in [5.41, 5.74) is 0.435. The Morgan fingerprint density at radius 1 is 1.08 bits per heavy atom. The summed E-state index contributed by atoms with van der Waals surface area (Å²) >= 11 is 5.90. The zero-order valence-electron chi connectivity index (χ0n) is 12.9. The Labute approximate surface area is 144 Å². The summed E-state index contributed by atoms with van der Waals surface area (Å²) < 4.78 is 33.3. The molecule has 3 N–H and O–H groups in total. The lowest BCUT2D eigenvalue weighted by atomic mass is 10.2. The third-order valence-corrected chi connectivity index (χ3v) is 4.30. The van der Waals surface area contributed by atoms with E-state index in [1.165, 1.54) is 38.5 Å². The molecule has 9 heteroatoms. The average molecular weight is 371 g/mol. The average Bonchev–Trinajstić information content (AvgIpc) is 2.53. The normalized spacial score (nSPS) is 11.0. The third kappa shape index (κ3) is 3.97. The number of carbonyl (C=O) groups is 1. The lowest BCUT2D eigenvalue weighted by Crippen LogP contribution is -2.16. The van der Waals surface area contributed by atoms with Crippen LogP contribution in [0.4, 0.5) is 5.69 Å². The molecule has 0 radical (unpaired) electrons. The van der Waals surface area contributed by atoms with Crippen LogP contribution in [-0.2, 0) is 10.0 Å². The molecule has 0 unspecified atom stereocenters. The number of methoxy groups -OCH3 is 2. The molecule has 0 aromatic heterocycles. The maximum absolute atomic E-state index is 12.4. The fourth-order valence-electron chi connectivity index (χ4n) is 2.03. The van der Waals surface area contributed by atoms with Gasteiger partial charge in [-0.15, -0.1) is 0 Å². The van der Waals surface area contributed by atoms with E-state index in [-0.39, 0.29) is 21.9 Å². The third-order valence-electron chi connectivity index (χ3n) is 3.13. The molecule has 7 nitrogen and oxygen atoms in total. The van der Waals surface area contributed by atoms with Crippen LogP contribution in [-0.4, -0.2) is 28.5 Å². The molecule has 0 fully saturated rings. The molecule has 0 aliphatic rings. The van der Waals surface area contributed by atoms with Crippen molar-refractivity contribution in [2.24, 2.45) is 5.14 Å². The van der Waals surface area contributed by atoms with E-state index in [9.17, 15) is 13.2 Å². The fraction of sp³-hybridized carbons (Fsp3) is 0.133. The van der Waals surface area contributed by atoms with Crippen molar-refractivity contribution in [2.75, 3.05) is 19.5 Å². The first-order valence-electron chi connectivity index (χ1n) is 6.62. The van der Waals surface area contributed by atoms with Crippen molar-refractivity contribution in [3.8, 4) is 11.5 Å². The monoisotopic (exact) mass is 370 g/mol. The molecule has 2 aromatic rings. The van der Waals surface area contributed by atoms with Gasteiger partial charge in [0.15, 0.2) is 0 Å². The number of hydrogen-bond acceptors (Lipinski definition) is 5. The largest absolute Gasteiger partial charge is 0.496 e. The summed E-state index contributed by atoms with van der Waals surface area (Å²) in [6.45, 7) is 0. The SMILES string of the molecule is COc1ccc(Cl)cc1C(=O)Nc1ccc(OC)c(S(N)(=O)=O)c1. The van der Waals surface area contributed by atoms with Crippen LogP contribution in [0.5, 0.6) is 11.5 Å². The number of primary sulfonamides is 1. The molecule has 0 spiro atoms. The molecule has 24 heavy (non-hydrogen) atoms. The van der Waals surface area contributed by atoms with Gasteiger partial charge in [0.2, 0.25) is 10.0 Å². The van der Waals surface area contributed by atoms with Crippen molar-refractivity contribution in [1.29, 1.82) is 0 Å². The van der Waals surface area contributed by atoms with Gasteiger partial charge in [0, 0.05) is 10.7 Å². The minimum absolute atomic E-state index is 0.0795. The molecular weight excluding hydrogens is 356 g/mol. The number of hydrogen-bond donors (Lipinski definition) is 2. The van der Waals surface area contributed by atoms with Gasteiger partial charge in [0.1, 0.15) is 16.4 Å². The lowest BCUT2D eigenvalue weighted by molar-refractivity contribution is 0.102. The van der Waals surface area contributed by atoms with Crippen LogP contribution in [0, 0.1) is 0 Å². The smallest absolute Gasteiger partial charge is 0.259 e. The van der Waals surface area contributed by atoms with E-state index < -0.39 is 15.9 Å². The van der Waals surface area contributed by atoms with Crippen LogP contribution >= 0.6 is 11.6 Å². The molecule has 128 valence electrons. The fourth-order valence-corrected chi connectivity index (χ4v) is 2.93. The van der Waals surface area contributed by atoms with Gasteiger partial charge < -0.3 is 14.8 Å². The summed E-state index contributed by atoms with van der Waals surface area (Å²) in [7, 11) is -1.27. The van der Waals surface area contributed by atoms with Gasteiger partial charge in [-0.05, 0) is 36.4 Å². The van der Waals surface area contributed by atoms with E-state index in [4.69, 9.17) is 26.2 Å². The number of nitrogens with one attached hydrogen (secondary N) is 1. The summed E-state index contributed by atoms with van der Waals surface area (Å²) in [4.78, 5) is 12.2. The van der Waals surface area contributed by atoms with Gasteiger partial charge in [0.05, 0.1) is 19.8 Å². The lowest BCUT2D eigenvalue weighted by Gasteiger charge is -2.12. The number of benzene rings is 2. The first-order valence-corrected chi connectivity index (χ1v) is 8.54. The Hall–Kier alpha value is -2.29. The number of rotatable bonds is 5. The van der Waals surface area contributed by atoms with E-state index >= 15 is 0 Å². The van der Waals surface area contributed by atoms with Crippen molar-refractivity contribution >= 4 is 33.2 Å². The van der Waals surface area contributed by atoms with Crippen LogP contribution in [0.2, 0.25) is 5.02 Å². The second-order valence-electron chi connectivity index (χ2n) is 4.71. The summed E-state index contributed by atoms with van der Waals surface area (Å²) in [5, 5.41) is 8.08. The highest BCUT2D eigenvalue weighted by Crippen LogP contribution is 2.28. The minimum atomic E-state index is -4.01. The number of ether oxygens (including phenoxy) is 2. The standard InChI is InChI=1S/C15H15ClN2O5S/c1-22-12-5-3-9(16)7-11(12)15(19)18-10-4-6-13(23-2)14(8-10)24(17,20)21/h3-8H,1-2H3,(H,18,19)(H2,17,20,21). The van der Waals surface area contributed by atoms with Crippen molar-refractivity contribution in [2.45, 2.75) is 4.90 Å². The van der Waals surface area contributed by atoms with Crippen LogP contribution < -0.4 is 19.9 Å². The second-order valence-corrected chi connectivity index (χ2v) is 6.68. The van der Waals surface area contributed by atoms with E-state index in [0.29, 0.717) is 10.8 Å². The molecule has 2 aromatic carbocycles. The van der Waals surface area contributed by atoms with Gasteiger partial charge in [-0.2, -0.15) is 0 Å². The van der Waals surface area contributed by atoms with E-state index in [0.717, 1.165) is 0 Å². The van der Waals surface area contributed by atoms with Gasteiger partial charge in [0.25, 0.3) is 5.91 Å². The summed E-state index contributed by atoms with van der Waals surface area (Å²) in [5.74, 6) is -0.104. The highest BCUT2D eigenvalue weighted by molar-refractivity contribution is 7.89. The number of carbonyl (C=O) groups excluding carboxylic acids is 1. The Bertz CT molecular complexity index is 883. The number of amides is 1. The predicted molar refractivity (Wildman–Crippen MR) is 90.3 cm³/mol.